The van der Waals surface area contributed by atoms with Gasteiger partial charge in [-0.1, -0.05) is 49.6 Å². The van der Waals surface area contributed by atoms with Crippen LogP contribution in [0.2, 0.25) is 0 Å². The SMILES string of the molecule is Bc1cc(OCC(=C)NCCC(Cc2nc(COc3ccc(C(C)(C)C)nc3)no2)OI)ccc1C. The summed E-state index contributed by atoms with van der Waals surface area (Å²) in [5.41, 5.74) is 4.26. The van der Waals surface area contributed by atoms with Crippen LogP contribution in [-0.4, -0.2) is 42.2 Å². The molecule has 0 fully saturated rings. The van der Waals surface area contributed by atoms with Crippen molar-refractivity contribution in [3.05, 3.63) is 71.8 Å². The number of nitrogens with one attached hydrogen (secondary N) is 1. The topological polar surface area (TPSA) is 91.5 Å². The third kappa shape index (κ3) is 8.81. The van der Waals surface area contributed by atoms with Crippen LogP contribution >= 0.6 is 23.0 Å². The number of rotatable bonds is 13. The van der Waals surface area contributed by atoms with Gasteiger partial charge in [-0.2, -0.15) is 4.98 Å². The molecule has 36 heavy (non-hydrogen) atoms. The molecule has 0 bridgehead atoms. The van der Waals surface area contributed by atoms with Gasteiger partial charge in [-0.15, -0.1) is 0 Å². The number of nitrogens with zero attached hydrogens (tertiary/aromatic N) is 3. The summed E-state index contributed by atoms with van der Waals surface area (Å²) in [6.45, 7) is 13.8. The van der Waals surface area contributed by atoms with Crippen LogP contribution in [0.25, 0.3) is 0 Å². The van der Waals surface area contributed by atoms with E-state index >= 15 is 0 Å². The first kappa shape index (κ1) is 28.0. The largest absolute Gasteiger partial charge is 0.487 e. The molecule has 3 rings (SSSR count). The van der Waals surface area contributed by atoms with E-state index in [9.17, 15) is 0 Å². The molecule has 2 aromatic heterocycles. The Morgan fingerprint density at radius 3 is 2.64 bits per heavy atom. The Morgan fingerprint density at radius 2 is 1.97 bits per heavy atom. The summed E-state index contributed by atoms with van der Waals surface area (Å²) in [6, 6.07) is 9.93. The average Bonchev–Trinajstić information content (AvgIpc) is 3.30. The molecule has 0 spiro atoms. The molecule has 1 aromatic carbocycles. The van der Waals surface area contributed by atoms with Crippen LogP contribution < -0.4 is 20.3 Å². The molecular weight excluding hydrogens is 570 g/mol. The normalized spacial score (nSPS) is 12.2. The second-order valence-electron chi connectivity index (χ2n) is 9.79. The van der Waals surface area contributed by atoms with Gasteiger partial charge >= 0.3 is 0 Å². The maximum absolute atomic E-state index is 5.82. The highest BCUT2D eigenvalue weighted by atomic mass is 127. The fourth-order valence-corrected chi connectivity index (χ4v) is 3.73. The number of ether oxygens (including phenoxy) is 2. The van der Waals surface area contributed by atoms with Crippen molar-refractivity contribution in [1.29, 1.82) is 0 Å². The van der Waals surface area contributed by atoms with E-state index in [0.29, 0.717) is 37.0 Å². The van der Waals surface area contributed by atoms with Crippen LogP contribution in [0.3, 0.4) is 0 Å². The summed E-state index contributed by atoms with van der Waals surface area (Å²) in [6.07, 6.45) is 2.88. The van der Waals surface area contributed by atoms with Gasteiger partial charge in [0.1, 0.15) is 49.0 Å². The lowest BCUT2D eigenvalue weighted by atomic mass is 9.91. The fourth-order valence-electron chi connectivity index (χ4n) is 3.30. The molecule has 0 saturated heterocycles. The number of aromatic nitrogens is 3. The second-order valence-corrected chi connectivity index (χ2v) is 10.3. The smallest absolute Gasteiger partial charge is 0.229 e. The van der Waals surface area contributed by atoms with Gasteiger partial charge < -0.3 is 22.4 Å². The molecule has 0 aliphatic heterocycles. The molecule has 10 heteroatoms. The van der Waals surface area contributed by atoms with E-state index in [1.807, 2.05) is 47.3 Å². The molecule has 8 nitrogen and oxygen atoms in total. The Morgan fingerprint density at radius 1 is 1.19 bits per heavy atom. The van der Waals surface area contributed by atoms with E-state index < -0.39 is 0 Å². The first-order valence-corrected chi connectivity index (χ1v) is 12.8. The molecule has 2 heterocycles. The Labute approximate surface area is 228 Å². The summed E-state index contributed by atoms with van der Waals surface area (Å²) in [4.78, 5) is 8.89. The molecule has 0 amide bonds. The van der Waals surface area contributed by atoms with Gasteiger partial charge in [-0.3, -0.25) is 4.98 Å². The summed E-state index contributed by atoms with van der Waals surface area (Å²) in [5, 5.41) is 7.30. The first-order valence-electron chi connectivity index (χ1n) is 11.9. The Hall–Kier alpha value is -2.60. The van der Waals surface area contributed by atoms with Crippen LogP contribution in [0.15, 0.2) is 53.3 Å². The lowest BCUT2D eigenvalue weighted by molar-refractivity contribution is 0.238. The minimum absolute atomic E-state index is 0.00443. The van der Waals surface area contributed by atoms with Crippen molar-refractivity contribution in [1.82, 2.24) is 20.4 Å². The van der Waals surface area contributed by atoms with Gasteiger partial charge in [-0.25, -0.2) is 0 Å². The Kier molecular flexibility index (Phi) is 10.2. The standard InChI is InChI=1S/C26H34BIN4O4/c1-17-6-7-19(12-22(17)27)33-15-18(2)29-11-10-20(35-28)13-25-31-24(32-36-25)16-34-21-8-9-23(30-14-21)26(3,4)5/h6-9,12,14,20,29H,2,10-11,13,15-16,27H2,1,3-5H3. The first-order chi connectivity index (χ1) is 17.1. The van der Waals surface area contributed by atoms with Gasteiger partial charge in [0.15, 0.2) is 6.61 Å². The van der Waals surface area contributed by atoms with E-state index in [1.54, 1.807) is 6.20 Å². The number of aryl methyl sites for hydroxylation is 1. The highest BCUT2D eigenvalue weighted by Crippen LogP contribution is 2.22. The van der Waals surface area contributed by atoms with E-state index in [2.05, 4.69) is 68.6 Å². The van der Waals surface area contributed by atoms with E-state index in [4.69, 9.17) is 17.1 Å². The highest BCUT2D eigenvalue weighted by molar-refractivity contribution is 14.1. The fraction of sp³-hybridized carbons (Fsp3) is 0.423. The summed E-state index contributed by atoms with van der Waals surface area (Å²) < 4.78 is 22.5. The molecule has 1 atom stereocenters. The zero-order valence-electron chi connectivity index (χ0n) is 21.6. The van der Waals surface area contributed by atoms with Crippen LogP contribution in [0.4, 0.5) is 0 Å². The Balaban J connectivity index is 1.38. The molecule has 0 radical (unpaired) electrons. The third-order valence-electron chi connectivity index (χ3n) is 5.64. The molecule has 192 valence electrons. The molecule has 0 aliphatic carbocycles. The maximum atomic E-state index is 5.82. The number of hydrogen-bond acceptors (Lipinski definition) is 8. The zero-order valence-corrected chi connectivity index (χ0v) is 23.8. The van der Waals surface area contributed by atoms with Crippen molar-refractivity contribution in [2.45, 2.75) is 58.7 Å². The highest BCUT2D eigenvalue weighted by Gasteiger charge is 2.17. The van der Waals surface area contributed by atoms with Crippen LogP contribution in [0.5, 0.6) is 11.5 Å². The molecule has 1 N–H and O–H groups in total. The van der Waals surface area contributed by atoms with Gasteiger partial charge in [0.25, 0.3) is 0 Å². The predicted molar refractivity (Wildman–Crippen MR) is 151 cm³/mol. The quantitative estimate of drug-likeness (QED) is 0.233. The molecule has 1 unspecified atom stereocenters. The van der Waals surface area contributed by atoms with E-state index in [1.165, 1.54) is 11.0 Å². The summed E-state index contributed by atoms with van der Waals surface area (Å²) >= 11 is 1.91. The van der Waals surface area contributed by atoms with Crippen molar-refractivity contribution in [2.24, 2.45) is 0 Å². The number of pyridine rings is 1. The van der Waals surface area contributed by atoms with E-state index in [-0.39, 0.29) is 18.1 Å². The van der Waals surface area contributed by atoms with Gasteiger partial charge in [0, 0.05) is 23.4 Å². The minimum Gasteiger partial charge on any atom is -0.487 e. The van der Waals surface area contributed by atoms with Crippen molar-refractivity contribution < 1.29 is 17.1 Å². The number of benzene rings is 1. The van der Waals surface area contributed by atoms with Crippen molar-refractivity contribution in [3.63, 3.8) is 0 Å². The average molecular weight is 604 g/mol. The summed E-state index contributed by atoms with van der Waals surface area (Å²) in [5.74, 6) is 2.49. The second kappa shape index (κ2) is 13.1. The van der Waals surface area contributed by atoms with Crippen molar-refractivity contribution >= 4 is 36.3 Å². The van der Waals surface area contributed by atoms with Gasteiger partial charge in [0.2, 0.25) is 11.7 Å². The number of halogens is 1. The van der Waals surface area contributed by atoms with Crippen LogP contribution in [-0.2, 0) is 21.5 Å². The lowest BCUT2D eigenvalue weighted by Crippen LogP contribution is -2.24. The van der Waals surface area contributed by atoms with Crippen LogP contribution in [0.1, 0.15) is 50.2 Å². The molecule has 3 aromatic rings. The monoisotopic (exact) mass is 604 g/mol. The molecule has 0 saturated carbocycles. The maximum Gasteiger partial charge on any atom is 0.229 e. The van der Waals surface area contributed by atoms with Crippen LogP contribution in [0, 0.1) is 6.92 Å². The minimum atomic E-state index is -0.0880. The van der Waals surface area contributed by atoms with Gasteiger partial charge in [-0.05, 0) is 37.6 Å². The Bertz CT molecular complexity index is 1130. The van der Waals surface area contributed by atoms with Crippen molar-refractivity contribution in [3.8, 4) is 11.5 Å². The van der Waals surface area contributed by atoms with Crippen molar-refractivity contribution in [2.75, 3.05) is 13.2 Å². The van der Waals surface area contributed by atoms with E-state index in [0.717, 1.165) is 23.6 Å². The van der Waals surface area contributed by atoms with Gasteiger partial charge in [0.05, 0.1) is 18.7 Å². The predicted octanol–water partition coefficient (Wildman–Crippen LogP) is 3.76. The lowest BCUT2D eigenvalue weighted by Gasteiger charge is -2.17. The number of hydrogen-bond donors (Lipinski definition) is 1. The zero-order chi connectivity index (χ0) is 26.1. The molecular formula is C26H34BIN4O4. The summed E-state index contributed by atoms with van der Waals surface area (Å²) in [7, 11) is 2.07. The molecule has 0 aliphatic rings. The third-order valence-corrected chi connectivity index (χ3v) is 6.36.